The van der Waals surface area contributed by atoms with Gasteiger partial charge in [0.05, 0.1) is 16.7 Å². The van der Waals surface area contributed by atoms with E-state index in [1.54, 1.807) is 29.5 Å². The van der Waals surface area contributed by atoms with Gasteiger partial charge in [-0.2, -0.15) is 5.10 Å². The topological polar surface area (TPSA) is 127 Å². The van der Waals surface area contributed by atoms with Crippen LogP contribution in [-0.4, -0.2) is 40.3 Å². The maximum atomic E-state index is 12.5. The molecule has 3 aromatic heterocycles. The van der Waals surface area contributed by atoms with Gasteiger partial charge in [0.2, 0.25) is 5.95 Å². The number of esters is 1. The van der Waals surface area contributed by atoms with Crippen molar-refractivity contribution in [2.24, 2.45) is 5.92 Å². The first-order valence-corrected chi connectivity index (χ1v) is 12.4. The van der Waals surface area contributed by atoms with E-state index in [0.29, 0.717) is 18.0 Å². The summed E-state index contributed by atoms with van der Waals surface area (Å²) in [5, 5.41) is 4.35. The van der Waals surface area contributed by atoms with Crippen molar-refractivity contribution in [2.75, 3.05) is 5.73 Å². The Kier molecular flexibility index (Phi) is 6.40. The molecule has 0 bridgehead atoms. The molecule has 0 aliphatic heterocycles. The molecule has 3 heterocycles. The number of carbonyl (C=O) groups excluding carboxylic acids is 1. The van der Waals surface area contributed by atoms with Gasteiger partial charge in [-0.25, -0.2) is 24.6 Å². The van der Waals surface area contributed by atoms with E-state index in [4.69, 9.17) is 15.5 Å². The van der Waals surface area contributed by atoms with Crippen LogP contribution >= 0.6 is 0 Å². The minimum absolute atomic E-state index is 0.196. The molecule has 5 rings (SSSR count). The van der Waals surface area contributed by atoms with E-state index < -0.39 is 0 Å². The van der Waals surface area contributed by atoms with Crippen molar-refractivity contribution in [3.63, 3.8) is 0 Å². The summed E-state index contributed by atoms with van der Waals surface area (Å²) in [7, 11) is 0. The van der Waals surface area contributed by atoms with Crippen LogP contribution in [0.4, 0.5) is 5.95 Å². The van der Waals surface area contributed by atoms with Crippen molar-refractivity contribution in [3.8, 4) is 34.0 Å². The number of hydrogen-bond donors (Lipinski definition) is 1. The number of benzene rings is 2. The van der Waals surface area contributed by atoms with Crippen molar-refractivity contribution in [1.29, 1.82) is 0 Å². The summed E-state index contributed by atoms with van der Waals surface area (Å²) in [6, 6.07) is 11.6. The van der Waals surface area contributed by atoms with Crippen LogP contribution in [0, 0.1) is 5.92 Å². The first-order valence-electron chi connectivity index (χ1n) is 12.4. The minimum atomic E-state index is -0.320. The first kappa shape index (κ1) is 25.1. The first-order chi connectivity index (χ1) is 18.1. The third-order valence-corrected chi connectivity index (χ3v) is 6.01. The van der Waals surface area contributed by atoms with Crippen molar-refractivity contribution in [1.82, 2.24) is 34.3 Å². The van der Waals surface area contributed by atoms with Gasteiger partial charge in [-0.05, 0) is 62.6 Å². The number of fused-ring (bicyclic) bond motifs is 1. The number of rotatable bonds is 6. The molecule has 0 saturated heterocycles. The molecule has 0 fully saturated rings. The molecule has 0 radical (unpaired) electrons. The van der Waals surface area contributed by atoms with Crippen LogP contribution in [0.2, 0.25) is 0 Å². The Balaban J connectivity index is 1.70. The fourth-order valence-corrected chi connectivity index (χ4v) is 4.40. The number of imidazole rings is 1. The third kappa shape index (κ3) is 4.97. The number of carbonyl (C=O) groups is 1. The lowest BCUT2D eigenvalue weighted by atomic mass is 10.0. The summed E-state index contributed by atoms with van der Waals surface area (Å²) >= 11 is 0. The number of aromatic nitrogens is 7. The summed E-state index contributed by atoms with van der Waals surface area (Å²) in [6.07, 6.45) is 6.84. The van der Waals surface area contributed by atoms with Gasteiger partial charge in [-0.1, -0.05) is 19.9 Å². The average molecular weight is 511 g/mol. The maximum absolute atomic E-state index is 12.5. The lowest BCUT2D eigenvalue weighted by molar-refractivity contribution is -0.135. The summed E-state index contributed by atoms with van der Waals surface area (Å²) in [5.41, 5.74) is 10.4. The average Bonchev–Trinajstić information content (AvgIpc) is 3.51. The molecule has 5 aromatic rings. The zero-order valence-electron chi connectivity index (χ0n) is 22.1. The lowest BCUT2D eigenvalue weighted by Gasteiger charge is -2.25. The van der Waals surface area contributed by atoms with E-state index in [0.717, 1.165) is 33.4 Å². The lowest BCUT2D eigenvalue weighted by Crippen LogP contribution is -2.23. The van der Waals surface area contributed by atoms with Crippen LogP contribution in [0.5, 0.6) is 5.75 Å². The highest BCUT2D eigenvalue weighted by atomic mass is 16.5. The molecule has 2 N–H and O–H groups in total. The zero-order chi connectivity index (χ0) is 27.0. The second kappa shape index (κ2) is 9.70. The van der Waals surface area contributed by atoms with Gasteiger partial charge in [-0.3, -0.25) is 4.79 Å². The largest absolute Gasteiger partial charge is 0.426 e. The monoisotopic (exact) mass is 510 g/mol. The summed E-state index contributed by atoms with van der Waals surface area (Å²) in [6.45, 7) is 10.3. The Morgan fingerprint density at radius 1 is 1.05 bits per heavy atom. The molecular formula is C28H30N8O2. The predicted octanol–water partition coefficient (Wildman–Crippen LogP) is 5.03. The molecular weight excluding hydrogens is 480 g/mol. The SMILES string of the molecule is CC(C)CC(=O)Oc1ccc(-n2cncn2)c(-c2nc3cc(-c4cnc(N)nc4)ccc3n2C(C)(C)C)c1. The number of nitrogens with zero attached hydrogens (tertiary/aromatic N) is 7. The second-order valence-electron chi connectivity index (χ2n) is 10.6. The Bertz CT molecular complexity index is 1600. The molecule has 0 saturated carbocycles. The number of nitrogens with two attached hydrogens (primary N) is 1. The van der Waals surface area contributed by atoms with E-state index in [1.165, 1.54) is 6.33 Å². The highest BCUT2D eigenvalue weighted by molar-refractivity contribution is 5.87. The van der Waals surface area contributed by atoms with Gasteiger partial charge in [0, 0.05) is 35.5 Å². The van der Waals surface area contributed by atoms with E-state index in [2.05, 4.69) is 45.4 Å². The Morgan fingerprint density at radius 3 is 2.47 bits per heavy atom. The standard InChI is InChI=1S/C28H30N8O2/c1-17(2)10-25(37)38-20-7-9-23(35-16-30-15-33-35)21(12-20)26-34-22-11-18(19-13-31-27(29)32-14-19)6-8-24(22)36(26)28(3,4)5/h6-9,11-17H,10H2,1-5H3,(H2,29,31,32). The van der Waals surface area contributed by atoms with E-state index in [1.807, 2.05) is 44.2 Å². The van der Waals surface area contributed by atoms with E-state index in [-0.39, 0.29) is 23.4 Å². The zero-order valence-corrected chi connectivity index (χ0v) is 22.1. The quantitative estimate of drug-likeness (QED) is 0.249. The number of hydrogen-bond acceptors (Lipinski definition) is 8. The maximum Gasteiger partial charge on any atom is 0.311 e. The fraction of sp³-hybridized carbons (Fsp3) is 0.286. The molecule has 10 nitrogen and oxygen atoms in total. The Morgan fingerprint density at radius 2 is 1.82 bits per heavy atom. The number of nitrogen functional groups attached to an aromatic ring is 1. The molecule has 0 amide bonds. The molecule has 0 aliphatic rings. The minimum Gasteiger partial charge on any atom is -0.426 e. The van der Waals surface area contributed by atoms with Crippen LogP contribution in [0.25, 0.3) is 39.2 Å². The highest BCUT2D eigenvalue weighted by Gasteiger charge is 2.25. The van der Waals surface area contributed by atoms with E-state index >= 15 is 0 Å². The molecule has 2 aromatic carbocycles. The number of ether oxygens (including phenoxy) is 1. The molecule has 0 atom stereocenters. The Labute approximate surface area is 220 Å². The summed E-state index contributed by atoms with van der Waals surface area (Å²) in [4.78, 5) is 29.9. The molecule has 0 aliphatic carbocycles. The van der Waals surface area contributed by atoms with Gasteiger partial charge in [-0.15, -0.1) is 0 Å². The summed E-state index contributed by atoms with van der Waals surface area (Å²) < 4.78 is 9.56. The normalized spacial score (nSPS) is 11.8. The number of anilines is 1. The molecule has 10 heteroatoms. The van der Waals surface area contributed by atoms with Gasteiger partial charge in [0.1, 0.15) is 24.2 Å². The van der Waals surface area contributed by atoms with Crippen molar-refractivity contribution in [2.45, 2.75) is 46.6 Å². The van der Waals surface area contributed by atoms with Crippen LogP contribution in [0.15, 0.2) is 61.4 Å². The molecule has 0 unspecified atom stereocenters. The van der Waals surface area contributed by atoms with Crippen molar-refractivity contribution >= 4 is 23.0 Å². The molecule has 0 spiro atoms. The highest BCUT2D eigenvalue weighted by Crippen LogP contribution is 2.37. The van der Waals surface area contributed by atoms with Crippen LogP contribution < -0.4 is 10.5 Å². The molecule has 38 heavy (non-hydrogen) atoms. The van der Waals surface area contributed by atoms with Crippen molar-refractivity contribution in [3.05, 3.63) is 61.4 Å². The predicted molar refractivity (Wildman–Crippen MR) is 146 cm³/mol. The Hall–Kier alpha value is -4.60. The van der Waals surface area contributed by atoms with E-state index in [9.17, 15) is 4.79 Å². The van der Waals surface area contributed by atoms with Gasteiger partial charge in [0.15, 0.2) is 0 Å². The van der Waals surface area contributed by atoms with Gasteiger partial charge in [0.25, 0.3) is 0 Å². The fourth-order valence-electron chi connectivity index (χ4n) is 4.40. The van der Waals surface area contributed by atoms with Crippen LogP contribution in [0.1, 0.15) is 41.0 Å². The van der Waals surface area contributed by atoms with Gasteiger partial charge < -0.3 is 15.0 Å². The van der Waals surface area contributed by atoms with Gasteiger partial charge >= 0.3 is 5.97 Å². The van der Waals surface area contributed by atoms with Crippen molar-refractivity contribution < 1.29 is 9.53 Å². The van der Waals surface area contributed by atoms with Crippen LogP contribution in [-0.2, 0) is 10.3 Å². The third-order valence-electron chi connectivity index (χ3n) is 6.01. The molecule has 194 valence electrons. The smallest absolute Gasteiger partial charge is 0.311 e. The van der Waals surface area contributed by atoms with Crippen LogP contribution in [0.3, 0.4) is 0 Å². The summed E-state index contributed by atoms with van der Waals surface area (Å²) in [5.74, 6) is 1.30. The second-order valence-corrected chi connectivity index (χ2v) is 10.6.